The third kappa shape index (κ3) is 4.12. The van der Waals surface area contributed by atoms with Gasteiger partial charge in [0, 0.05) is 23.8 Å². The van der Waals surface area contributed by atoms with Crippen LogP contribution in [0.5, 0.6) is 0 Å². The first-order chi connectivity index (χ1) is 12.9. The molecule has 144 valence electrons. The first-order valence-electron chi connectivity index (χ1n) is 8.98. The lowest BCUT2D eigenvalue weighted by Gasteiger charge is -2.29. The Labute approximate surface area is 168 Å². The van der Waals surface area contributed by atoms with Crippen molar-refractivity contribution in [2.45, 2.75) is 39.2 Å². The summed E-state index contributed by atoms with van der Waals surface area (Å²) in [7, 11) is 0. The van der Waals surface area contributed by atoms with Crippen LogP contribution in [0.15, 0.2) is 29.2 Å². The van der Waals surface area contributed by atoms with E-state index < -0.39 is 11.6 Å². The van der Waals surface area contributed by atoms with Gasteiger partial charge >= 0.3 is 0 Å². The van der Waals surface area contributed by atoms with Crippen molar-refractivity contribution in [2.75, 3.05) is 23.3 Å². The number of anilines is 2. The molecule has 1 saturated heterocycles. The second kappa shape index (κ2) is 8.31. The summed E-state index contributed by atoms with van der Waals surface area (Å²) in [6, 6.07) is 4.45. The standard InChI is InChI=1S/C19H22Cl2N4O2/c1-12-14(20)7-6-8-15(12)23-18(26)13(2)25-19(27)17(21)16(11-22-25)24-9-4-3-5-10-24/h6-8,11,13H,3-5,9-10H2,1-2H3,(H,23,26). The maximum Gasteiger partial charge on any atom is 0.288 e. The van der Waals surface area contributed by atoms with Crippen LogP contribution in [0.4, 0.5) is 11.4 Å². The van der Waals surface area contributed by atoms with Gasteiger partial charge < -0.3 is 10.2 Å². The van der Waals surface area contributed by atoms with E-state index in [1.165, 1.54) is 6.42 Å². The van der Waals surface area contributed by atoms with Crippen LogP contribution in [0.2, 0.25) is 10.0 Å². The molecule has 1 N–H and O–H groups in total. The maximum atomic E-state index is 12.7. The largest absolute Gasteiger partial charge is 0.369 e. The molecule has 0 saturated carbocycles. The van der Waals surface area contributed by atoms with Crippen molar-refractivity contribution < 1.29 is 4.79 Å². The molecule has 1 aromatic carbocycles. The molecule has 1 aliphatic heterocycles. The Morgan fingerprint density at radius 3 is 2.63 bits per heavy atom. The summed E-state index contributed by atoms with van der Waals surface area (Å²) in [5, 5.41) is 7.67. The van der Waals surface area contributed by atoms with Crippen LogP contribution in [0, 0.1) is 6.92 Å². The molecule has 8 heteroatoms. The quantitative estimate of drug-likeness (QED) is 0.828. The van der Waals surface area contributed by atoms with Crippen LogP contribution in [0.3, 0.4) is 0 Å². The van der Waals surface area contributed by atoms with Gasteiger partial charge in [-0.25, -0.2) is 4.68 Å². The van der Waals surface area contributed by atoms with E-state index in [0.29, 0.717) is 16.4 Å². The van der Waals surface area contributed by atoms with Crippen molar-refractivity contribution in [1.82, 2.24) is 9.78 Å². The monoisotopic (exact) mass is 408 g/mol. The van der Waals surface area contributed by atoms with Crippen molar-refractivity contribution >= 4 is 40.5 Å². The molecule has 3 rings (SSSR count). The fourth-order valence-electron chi connectivity index (χ4n) is 3.16. The average Bonchev–Trinajstić information content (AvgIpc) is 2.67. The summed E-state index contributed by atoms with van der Waals surface area (Å²) in [5.74, 6) is -0.364. The molecule has 27 heavy (non-hydrogen) atoms. The maximum absolute atomic E-state index is 12.7. The number of benzene rings is 1. The van der Waals surface area contributed by atoms with Gasteiger partial charge in [-0.2, -0.15) is 5.10 Å². The Hall–Kier alpha value is -2.05. The van der Waals surface area contributed by atoms with E-state index in [1.54, 1.807) is 31.3 Å². The molecular weight excluding hydrogens is 387 g/mol. The van der Waals surface area contributed by atoms with Crippen molar-refractivity contribution in [2.24, 2.45) is 0 Å². The van der Waals surface area contributed by atoms with Gasteiger partial charge in [-0.1, -0.05) is 29.3 Å². The van der Waals surface area contributed by atoms with E-state index in [-0.39, 0.29) is 10.9 Å². The van der Waals surface area contributed by atoms with E-state index in [4.69, 9.17) is 23.2 Å². The molecule has 2 aromatic rings. The van der Waals surface area contributed by atoms with Gasteiger partial charge in [-0.15, -0.1) is 0 Å². The number of carbonyl (C=O) groups excluding carboxylic acids is 1. The van der Waals surface area contributed by atoms with Crippen LogP contribution in [-0.2, 0) is 4.79 Å². The highest BCUT2D eigenvalue weighted by Crippen LogP contribution is 2.26. The Balaban J connectivity index is 1.82. The summed E-state index contributed by atoms with van der Waals surface area (Å²) in [5.41, 5.74) is 1.53. The molecule has 6 nitrogen and oxygen atoms in total. The predicted octanol–water partition coefficient (Wildman–Crippen LogP) is 4.05. The number of halogens is 2. The van der Waals surface area contributed by atoms with Crippen molar-refractivity contribution in [1.29, 1.82) is 0 Å². The number of piperidine rings is 1. The Kier molecular flexibility index (Phi) is 6.07. The molecule has 2 heterocycles. The molecule has 1 aliphatic rings. The number of aromatic nitrogens is 2. The second-order valence-corrected chi connectivity index (χ2v) is 7.50. The predicted molar refractivity (Wildman–Crippen MR) is 109 cm³/mol. The number of nitrogens with one attached hydrogen (secondary N) is 1. The fourth-order valence-corrected chi connectivity index (χ4v) is 3.59. The molecule has 1 aromatic heterocycles. The summed E-state index contributed by atoms with van der Waals surface area (Å²) in [4.78, 5) is 27.4. The van der Waals surface area contributed by atoms with Crippen molar-refractivity contribution in [3.8, 4) is 0 Å². The minimum atomic E-state index is -0.816. The highest BCUT2D eigenvalue weighted by atomic mass is 35.5. The first kappa shape index (κ1) is 19.7. The zero-order chi connectivity index (χ0) is 19.6. The third-order valence-corrected chi connectivity index (χ3v) is 5.66. The van der Waals surface area contributed by atoms with E-state index in [9.17, 15) is 9.59 Å². The lowest BCUT2D eigenvalue weighted by Crippen LogP contribution is -2.36. The molecule has 0 bridgehead atoms. The molecule has 0 radical (unpaired) electrons. The van der Waals surface area contributed by atoms with Gasteiger partial charge in [0.05, 0.1) is 11.9 Å². The summed E-state index contributed by atoms with van der Waals surface area (Å²) in [6.45, 7) is 5.14. The summed E-state index contributed by atoms with van der Waals surface area (Å²) < 4.78 is 1.12. The minimum absolute atomic E-state index is 0.102. The van der Waals surface area contributed by atoms with Crippen molar-refractivity contribution in [3.63, 3.8) is 0 Å². The lowest BCUT2D eigenvalue weighted by molar-refractivity contribution is -0.119. The number of nitrogens with zero attached hydrogens (tertiary/aromatic N) is 3. The molecule has 1 atom stereocenters. The van der Waals surface area contributed by atoms with Gasteiger partial charge in [-0.3, -0.25) is 9.59 Å². The molecule has 1 amide bonds. The van der Waals surface area contributed by atoms with Gasteiger partial charge in [0.1, 0.15) is 11.1 Å². The van der Waals surface area contributed by atoms with Crippen LogP contribution in [0.1, 0.15) is 37.8 Å². The van der Waals surface area contributed by atoms with Crippen LogP contribution >= 0.6 is 23.2 Å². The highest BCUT2D eigenvalue weighted by molar-refractivity contribution is 6.33. The van der Waals surface area contributed by atoms with Gasteiger partial charge in [0.15, 0.2) is 0 Å². The Morgan fingerprint density at radius 2 is 1.93 bits per heavy atom. The van der Waals surface area contributed by atoms with Crippen molar-refractivity contribution in [3.05, 3.63) is 50.4 Å². The normalized spacial score (nSPS) is 15.5. The Morgan fingerprint density at radius 1 is 1.22 bits per heavy atom. The zero-order valence-electron chi connectivity index (χ0n) is 15.3. The molecule has 1 unspecified atom stereocenters. The fraction of sp³-hybridized carbons (Fsp3) is 0.421. The summed E-state index contributed by atoms with van der Waals surface area (Å²) in [6.07, 6.45) is 4.89. The van der Waals surface area contributed by atoms with Gasteiger partial charge in [0.2, 0.25) is 5.91 Å². The van der Waals surface area contributed by atoms with Crippen LogP contribution < -0.4 is 15.8 Å². The molecular formula is C19H22Cl2N4O2. The van der Waals surface area contributed by atoms with E-state index in [1.807, 2.05) is 6.92 Å². The third-order valence-electron chi connectivity index (χ3n) is 4.89. The lowest BCUT2D eigenvalue weighted by atomic mass is 10.1. The van der Waals surface area contributed by atoms with E-state index in [2.05, 4.69) is 15.3 Å². The molecule has 1 fully saturated rings. The smallest absolute Gasteiger partial charge is 0.288 e. The number of rotatable bonds is 4. The van der Waals surface area contributed by atoms with Crippen LogP contribution in [-0.4, -0.2) is 28.8 Å². The number of carbonyl (C=O) groups is 1. The van der Waals surface area contributed by atoms with E-state index >= 15 is 0 Å². The zero-order valence-corrected chi connectivity index (χ0v) is 16.8. The topological polar surface area (TPSA) is 67.2 Å². The highest BCUT2D eigenvalue weighted by Gasteiger charge is 2.23. The number of amides is 1. The van der Waals surface area contributed by atoms with Gasteiger partial charge in [-0.05, 0) is 50.8 Å². The molecule has 0 spiro atoms. The summed E-state index contributed by atoms with van der Waals surface area (Å²) >= 11 is 12.4. The Bertz CT molecular complexity index is 907. The first-order valence-corrected chi connectivity index (χ1v) is 9.74. The SMILES string of the molecule is Cc1c(Cl)cccc1NC(=O)C(C)n1ncc(N2CCCCC2)c(Cl)c1=O. The average molecular weight is 409 g/mol. The second-order valence-electron chi connectivity index (χ2n) is 6.72. The number of hydrogen-bond acceptors (Lipinski definition) is 4. The van der Waals surface area contributed by atoms with Gasteiger partial charge in [0.25, 0.3) is 5.56 Å². The van der Waals surface area contributed by atoms with Crippen LogP contribution in [0.25, 0.3) is 0 Å². The van der Waals surface area contributed by atoms with E-state index in [0.717, 1.165) is 36.2 Å². The minimum Gasteiger partial charge on any atom is -0.369 e. The molecule has 0 aliphatic carbocycles. The number of hydrogen-bond donors (Lipinski definition) is 1.